The molecule has 19 heavy (non-hydrogen) atoms. The second-order valence-electron chi connectivity index (χ2n) is 5.32. The number of aromatic nitrogens is 2. The molecule has 1 fully saturated rings. The molecule has 3 rings (SSSR count). The highest BCUT2D eigenvalue weighted by Crippen LogP contribution is 2.20. The van der Waals surface area contributed by atoms with Gasteiger partial charge in [-0.25, -0.2) is 4.98 Å². The number of nitrogens with zero attached hydrogens (tertiary/aromatic N) is 2. The molecule has 1 N–H and O–H groups in total. The molecule has 0 bridgehead atoms. The van der Waals surface area contributed by atoms with E-state index in [4.69, 9.17) is 4.74 Å². The fourth-order valence-electron chi connectivity index (χ4n) is 2.79. The van der Waals surface area contributed by atoms with Gasteiger partial charge in [-0.2, -0.15) is 0 Å². The summed E-state index contributed by atoms with van der Waals surface area (Å²) in [5.74, 6) is 0.736. The van der Waals surface area contributed by atoms with Crippen LogP contribution < -0.4 is 5.32 Å². The van der Waals surface area contributed by atoms with Gasteiger partial charge in [0.1, 0.15) is 0 Å². The van der Waals surface area contributed by atoms with E-state index in [2.05, 4.69) is 40.1 Å². The lowest BCUT2D eigenvalue weighted by Crippen LogP contribution is -2.36. The molecule has 3 heterocycles. The fraction of sp³-hybridized carbons (Fsp3) is 0.643. The van der Waals surface area contributed by atoms with E-state index >= 15 is 0 Å². The Hall–Kier alpha value is -0.910. The monoisotopic (exact) mass is 279 g/mol. The first-order chi connectivity index (χ1) is 9.25. The third kappa shape index (κ3) is 2.68. The lowest BCUT2D eigenvalue weighted by Gasteiger charge is -2.28. The van der Waals surface area contributed by atoms with E-state index in [1.807, 2.05) is 0 Å². The molecule has 104 valence electrons. The fourth-order valence-corrected chi connectivity index (χ4v) is 3.57. The molecule has 4 nitrogen and oxygen atoms in total. The van der Waals surface area contributed by atoms with Crippen LogP contribution in [-0.4, -0.2) is 28.6 Å². The van der Waals surface area contributed by atoms with Crippen LogP contribution in [0.1, 0.15) is 31.2 Å². The average Bonchev–Trinajstić information content (AvgIpc) is 2.98. The summed E-state index contributed by atoms with van der Waals surface area (Å²) in [5, 5.41) is 5.76. The molecule has 1 unspecified atom stereocenters. The minimum Gasteiger partial charge on any atom is -0.381 e. The summed E-state index contributed by atoms with van der Waals surface area (Å²) in [7, 11) is 0. The van der Waals surface area contributed by atoms with Gasteiger partial charge >= 0.3 is 0 Å². The molecule has 0 amide bonds. The van der Waals surface area contributed by atoms with Gasteiger partial charge < -0.3 is 10.1 Å². The number of rotatable bonds is 4. The Morgan fingerprint density at radius 3 is 3.11 bits per heavy atom. The second kappa shape index (κ2) is 5.61. The number of hydrogen-bond acceptors (Lipinski definition) is 4. The maximum Gasteiger partial charge on any atom is 0.194 e. The third-order valence-electron chi connectivity index (χ3n) is 4.13. The van der Waals surface area contributed by atoms with Gasteiger partial charge in [0.05, 0.1) is 11.4 Å². The molecule has 0 spiro atoms. The van der Waals surface area contributed by atoms with Gasteiger partial charge in [0.15, 0.2) is 4.96 Å². The molecule has 1 aliphatic heterocycles. The summed E-state index contributed by atoms with van der Waals surface area (Å²) in [6.07, 6.45) is 4.46. The number of nitrogens with one attached hydrogen (secondary N) is 1. The Kier molecular flexibility index (Phi) is 3.86. The number of hydrogen-bond donors (Lipinski definition) is 1. The topological polar surface area (TPSA) is 38.6 Å². The van der Waals surface area contributed by atoms with Crippen LogP contribution in [-0.2, 0) is 11.3 Å². The van der Waals surface area contributed by atoms with Crippen LogP contribution in [0.5, 0.6) is 0 Å². The molecule has 5 heteroatoms. The lowest BCUT2D eigenvalue weighted by molar-refractivity contribution is 0.0557. The Balaban J connectivity index is 1.65. The average molecular weight is 279 g/mol. The predicted octanol–water partition coefficient (Wildman–Crippen LogP) is 2.61. The predicted molar refractivity (Wildman–Crippen MR) is 77.7 cm³/mol. The number of aryl methyl sites for hydroxylation is 1. The van der Waals surface area contributed by atoms with Crippen molar-refractivity contribution in [3.05, 3.63) is 23.0 Å². The number of fused-ring (bicyclic) bond motifs is 1. The van der Waals surface area contributed by atoms with Crippen LogP contribution in [0.2, 0.25) is 0 Å². The zero-order chi connectivity index (χ0) is 13.2. The normalized spacial score (nSPS) is 19.1. The van der Waals surface area contributed by atoms with E-state index in [1.165, 1.54) is 18.5 Å². The van der Waals surface area contributed by atoms with Crippen molar-refractivity contribution < 1.29 is 4.74 Å². The molecular weight excluding hydrogens is 258 g/mol. The number of imidazole rings is 1. The Labute approximate surface area is 117 Å². The Morgan fingerprint density at radius 2 is 2.32 bits per heavy atom. The van der Waals surface area contributed by atoms with Crippen molar-refractivity contribution in [1.82, 2.24) is 14.7 Å². The largest absolute Gasteiger partial charge is 0.381 e. The Morgan fingerprint density at radius 1 is 1.53 bits per heavy atom. The van der Waals surface area contributed by atoms with Crippen LogP contribution in [0.15, 0.2) is 11.6 Å². The highest BCUT2D eigenvalue weighted by molar-refractivity contribution is 7.15. The summed E-state index contributed by atoms with van der Waals surface area (Å²) in [6, 6.07) is 0.535. The lowest BCUT2D eigenvalue weighted by atomic mass is 9.93. The van der Waals surface area contributed by atoms with E-state index in [-0.39, 0.29) is 0 Å². The van der Waals surface area contributed by atoms with Crippen molar-refractivity contribution in [1.29, 1.82) is 0 Å². The van der Waals surface area contributed by atoms with Crippen LogP contribution >= 0.6 is 11.3 Å². The smallest absolute Gasteiger partial charge is 0.194 e. The zero-order valence-electron chi connectivity index (χ0n) is 11.6. The van der Waals surface area contributed by atoms with Gasteiger partial charge in [-0.15, -0.1) is 11.3 Å². The van der Waals surface area contributed by atoms with E-state index < -0.39 is 0 Å². The minimum absolute atomic E-state index is 0.535. The summed E-state index contributed by atoms with van der Waals surface area (Å²) in [5.41, 5.74) is 2.42. The molecule has 0 aromatic carbocycles. The van der Waals surface area contributed by atoms with Crippen molar-refractivity contribution in [2.75, 3.05) is 13.2 Å². The van der Waals surface area contributed by atoms with Gasteiger partial charge in [-0.1, -0.05) is 0 Å². The third-order valence-corrected chi connectivity index (χ3v) is 4.88. The van der Waals surface area contributed by atoms with Gasteiger partial charge in [-0.3, -0.25) is 4.40 Å². The van der Waals surface area contributed by atoms with E-state index in [9.17, 15) is 0 Å². The summed E-state index contributed by atoms with van der Waals surface area (Å²) in [6.45, 7) is 7.10. The van der Waals surface area contributed by atoms with Crippen molar-refractivity contribution >= 4 is 16.3 Å². The quantitative estimate of drug-likeness (QED) is 0.935. The van der Waals surface area contributed by atoms with E-state index in [0.717, 1.165) is 36.3 Å². The molecule has 2 aromatic heterocycles. The van der Waals surface area contributed by atoms with E-state index in [0.29, 0.717) is 6.04 Å². The molecule has 0 aliphatic carbocycles. The summed E-state index contributed by atoms with van der Waals surface area (Å²) >= 11 is 1.69. The zero-order valence-corrected chi connectivity index (χ0v) is 12.4. The Bertz CT molecular complexity index is 542. The first-order valence-corrected chi connectivity index (χ1v) is 7.86. The molecule has 0 radical (unpaired) electrons. The molecule has 0 saturated carbocycles. The molecular formula is C14H21N3OS. The highest BCUT2D eigenvalue weighted by Gasteiger charge is 2.20. The summed E-state index contributed by atoms with van der Waals surface area (Å²) < 4.78 is 7.62. The maximum atomic E-state index is 5.43. The van der Waals surface area contributed by atoms with Crippen molar-refractivity contribution in [2.24, 2.45) is 5.92 Å². The van der Waals surface area contributed by atoms with Crippen LogP contribution in [0.4, 0.5) is 0 Å². The standard InChI is InChI=1S/C14H21N3OS/c1-10(12-3-6-18-7-4-12)15-9-13-11(2)16-14-17(13)5-8-19-14/h5,8,10,12,15H,3-4,6-7,9H2,1-2H3. The van der Waals surface area contributed by atoms with Gasteiger partial charge in [0.25, 0.3) is 0 Å². The van der Waals surface area contributed by atoms with Crippen molar-refractivity contribution in [3.63, 3.8) is 0 Å². The van der Waals surface area contributed by atoms with Crippen LogP contribution in [0, 0.1) is 12.8 Å². The number of thiazole rings is 1. The van der Waals surface area contributed by atoms with Gasteiger partial charge in [-0.05, 0) is 32.6 Å². The SMILES string of the molecule is Cc1nc2sccn2c1CNC(C)C1CCOCC1. The molecule has 1 atom stereocenters. The maximum absolute atomic E-state index is 5.43. The molecule has 1 saturated heterocycles. The van der Waals surface area contributed by atoms with Crippen molar-refractivity contribution in [2.45, 2.75) is 39.3 Å². The first kappa shape index (κ1) is 13.1. The van der Waals surface area contributed by atoms with Crippen LogP contribution in [0.25, 0.3) is 4.96 Å². The van der Waals surface area contributed by atoms with Crippen molar-refractivity contribution in [3.8, 4) is 0 Å². The highest BCUT2D eigenvalue weighted by atomic mass is 32.1. The van der Waals surface area contributed by atoms with E-state index in [1.54, 1.807) is 11.3 Å². The molecule has 1 aliphatic rings. The summed E-state index contributed by atoms with van der Waals surface area (Å²) in [4.78, 5) is 5.68. The minimum atomic E-state index is 0.535. The van der Waals surface area contributed by atoms with Gasteiger partial charge in [0.2, 0.25) is 0 Å². The van der Waals surface area contributed by atoms with Gasteiger partial charge in [0, 0.05) is 37.4 Å². The van der Waals surface area contributed by atoms with Crippen LogP contribution in [0.3, 0.4) is 0 Å². The first-order valence-electron chi connectivity index (χ1n) is 6.98. The second-order valence-corrected chi connectivity index (χ2v) is 6.19. The number of ether oxygens (including phenoxy) is 1. The molecule has 2 aromatic rings.